The normalized spacial score (nSPS) is 13.9. The summed E-state index contributed by atoms with van der Waals surface area (Å²) in [5.74, 6) is 5.71. The zero-order valence-corrected chi connectivity index (χ0v) is 9.89. The molecule has 0 aromatic rings. The van der Waals surface area contributed by atoms with Crippen LogP contribution < -0.4 is 0 Å². The highest BCUT2D eigenvalue weighted by Gasteiger charge is 2.18. The van der Waals surface area contributed by atoms with Crippen LogP contribution in [0.2, 0.25) is 0 Å². The summed E-state index contributed by atoms with van der Waals surface area (Å²) in [5, 5.41) is 0. The van der Waals surface area contributed by atoms with Gasteiger partial charge in [-0.1, -0.05) is 6.92 Å². The Morgan fingerprint density at radius 1 is 1.43 bits per heavy atom. The van der Waals surface area contributed by atoms with Crippen LogP contribution in [0.5, 0.6) is 0 Å². The second kappa shape index (κ2) is 6.81. The molecule has 0 bridgehead atoms. The highest BCUT2D eigenvalue weighted by atomic mass is 31.2. The van der Waals surface area contributed by atoms with Crippen molar-refractivity contribution in [2.75, 3.05) is 19.9 Å². The van der Waals surface area contributed by atoms with Crippen LogP contribution in [0.1, 0.15) is 26.2 Å². The third kappa shape index (κ3) is 6.88. The molecule has 0 heterocycles. The third-order valence-corrected chi connectivity index (χ3v) is 3.38. The van der Waals surface area contributed by atoms with Crippen molar-refractivity contribution < 1.29 is 13.9 Å². The molecule has 0 saturated carbocycles. The molecule has 0 radical (unpaired) electrons. The average molecular weight is 216 g/mol. The highest BCUT2D eigenvalue weighted by Crippen LogP contribution is 2.41. The van der Waals surface area contributed by atoms with Crippen LogP contribution in [-0.2, 0) is 13.9 Å². The molecule has 0 N–H and O–H groups in total. The van der Waals surface area contributed by atoms with E-state index in [0.29, 0.717) is 12.8 Å². The molecule has 0 aromatic carbocycles. The zero-order valence-electron chi connectivity index (χ0n) is 9.00. The van der Waals surface area contributed by atoms with Gasteiger partial charge in [0.2, 0.25) is 7.37 Å². The summed E-state index contributed by atoms with van der Waals surface area (Å²) in [7, 11) is -1.32. The maximum atomic E-state index is 11.4. The zero-order chi connectivity index (χ0) is 11.0. The van der Waals surface area contributed by atoms with Crippen LogP contribution in [0.3, 0.4) is 0 Å². The van der Waals surface area contributed by atoms with Crippen LogP contribution >= 0.6 is 7.37 Å². The number of hydrogen-bond acceptors (Lipinski definition) is 3. The predicted molar refractivity (Wildman–Crippen MR) is 57.7 cm³/mol. The first kappa shape index (κ1) is 13.4. The molecule has 14 heavy (non-hydrogen) atoms. The lowest BCUT2D eigenvalue weighted by molar-refractivity contribution is -0.116. The van der Waals surface area contributed by atoms with Crippen molar-refractivity contribution in [3.8, 4) is 11.8 Å². The van der Waals surface area contributed by atoms with Crippen molar-refractivity contribution >= 4 is 13.2 Å². The van der Waals surface area contributed by atoms with E-state index in [-0.39, 0.29) is 11.9 Å². The molecule has 0 aromatic heterocycles. The molecule has 1 atom stereocenters. The molecular formula is C10H17O3P. The number of rotatable bonds is 5. The lowest BCUT2D eigenvalue weighted by Crippen LogP contribution is -2.05. The summed E-state index contributed by atoms with van der Waals surface area (Å²) in [4.78, 5) is 11.3. The molecule has 0 aliphatic rings. The van der Waals surface area contributed by atoms with E-state index in [1.165, 1.54) is 13.8 Å². The van der Waals surface area contributed by atoms with E-state index in [2.05, 4.69) is 11.8 Å². The number of hydrogen-bond donors (Lipinski definition) is 0. The number of carbonyl (C=O) groups is 1. The van der Waals surface area contributed by atoms with Crippen LogP contribution in [-0.4, -0.2) is 25.7 Å². The summed E-state index contributed by atoms with van der Waals surface area (Å²) in [6.07, 6.45) is 1.75. The quantitative estimate of drug-likeness (QED) is 0.523. The van der Waals surface area contributed by atoms with E-state index in [1.54, 1.807) is 0 Å². The summed E-state index contributed by atoms with van der Waals surface area (Å²) < 4.78 is 16.1. The van der Waals surface area contributed by atoms with Gasteiger partial charge < -0.3 is 4.52 Å². The summed E-state index contributed by atoms with van der Waals surface area (Å²) in [5.41, 5.74) is 0. The summed E-state index contributed by atoms with van der Waals surface area (Å²) >= 11 is 0. The van der Waals surface area contributed by atoms with Gasteiger partial charge in [0, 0.05) is 33.0 Å². The standard InChI is InChI=1S/C10H17O3P/c1-4-5-6-7-8-10(11)9-14(3,12)13-2/h4,7-9H2,1-3H3. The lowest BCUT2D eigenvalue weighted by Gasteiger charge is -2.08. The van der Waals surface area contributed by atoms with Gasteiger partial charge in [-0.25, -0.2) is 0 Å². The Morgan fingerprint density at radius 2 is 2.07 bits per heavy atom. The van der Waals surface area contributed by atoms with Gasteiger partial charge in [0.25, 0.3) is 0 Å². The Hall–Kier alpha value is -0.580. The largest absolute Gasteiger partial charge is 0.332 e. The van der Waals surface area contributed by atoms with E-state index >= 15 is 0 Å². The monoisotopic (exact) mass is 216 g/mol. The van der Waals surface area contributed by atoms with Crippen LogP contribution in [0.25, 0.3) is 0 Å². The van der Waals surface area contributed by atoms with Gasteiger partial charge in [-0.2, -0.15) is 0 Å². The fourth-order valence-electron chi connectivity index (χ4n) is 0.879. The Morgan fingerprint density at radius 3 is 2.57 bits per heavy atom. The second-order valence-electron chi connectivity index (χ2n) is 3.10. The van der Waals surface area contributed by atoms with Gasteiger partial charge in [-0.15, -0.1) is 11.8 Å². The first-order valence-electron chi connectivity index (χ1n) is 4.61. The molecule has 0 aliphatic carbocycles. The second-order valence-corrected chi connectivity index (χ2v) is 5.81. The molecule has 0 spiro atoms. The topological polar surface area (TPSA) is 43.4 Å². The maximum absolute atomic E-state index is 11.4. The lowest BCUT2D eigenvalue weighted by atomic mass is 10.2. The minimum Gasteiger partial charge on any atom is -0.332 e. The van der Waals surface area contributed by atoms with E-state index in [1.807, 2.05) is 6.92 Å². The highest BCUT2D eigenvalue weighted by molar-refractivity contribution is 7.59. The molecule has 0 rings (SSSR count). The molecule has 4 heteroatoms. The summed E-state index contributed by atoms with van der Waals surface area (Å²) in [6, 6.07) is 0. The molecule has 0 aliphatic heterocycles. The number of carbonyl (C=O) groups excluding carboxylic acids is 1. The smallest absolute Gasteiger partial charge is 0.207 e. The van der Waals surface area contributed by atoms with Gasteiger partial charge in [0.1, 0.15) is 5.78 Å². The van der Waals surface area contributed by atoms with Crippen LogP contribution in [0.15, 0.2) is 0 Å². The first-order chi connectivity index (χ1) is 6.52. The number of Topliss-reactive ketones (excluding diaryl/α,β-unsaturated/α-hetero) is 1. The van der Waals surface area contributed by atoms with Crippen molar-refractivity contribution in [3.63, 3.8) is 0 Å². The molecule has 80 valence electrons. The molecular weight excluding hydrogens is 199 g/mol. The minimum absolute atomic E-state index is 0.0251. The minimum atomic E-state index is -2.68. The van der Waals surface area contributed by atoms with Crippen molar-refractivity contribution in [1.29, 1.82) is 0 Å². The molecule has 3 nitrogen and oxygen atoms in total. The van der Waals surface area contributed by atoms with Crippen molar-refractivity contribution in [2.24, 2.45) is 0 Å². The predicted octanol–water partition coefficient (Wildman–Crippen LogP) is 2.30. The Labute approximate surface area is 85.7 Å². The number of ketones is 1. The van der Waals surface area contributed by atoms with Crippen molar-refractivity contribution in [1.82, 2.24) is 0 Å². The summed E-state index contributed by atoms with van der Waals surface area (Å²) in [6.45, 7) is 3.43. The van der Waals surface area contributed by atoms with E-state index in [9.17, 15) is 9.36 Å². The molecule has 0 fully saturated rings. The van der Waals surface area contributed by atoms with Gasteiger partial charge >= 0.3 is 0 Å². The first-order valence-corrected chi connectivity index (χ1v) is 6.87. The Kier molecular flexibility index (Phi) is 6.53. The molecule has 0 saturated heterocycles. The molecule has 0 amide bonds. The van der Waals surface area contributed by atoms with Crippen molar-refractivity contribution in [3.05, 3.63) is 0 Å². The van der Waals surface area contributed by atoms with Gasteiger partial charge in [-0.3, -0.25) is 9.36 Å². The average Bonchev–Trinajstić information content (AvgIpc) is 2.12. The van der Waals surface area contributed by atoms with Gasteiger partial charge in [0.05, 0.1) is 6.16 Å². The van der Waals surface area contributed by atoms with E-state index in [4.69, 9.17) is 4.52 Å². The maximum Gasteiger partial charge on any atom is 0.207 e. The molecule has 1 unspecified atom stereocenters. The fraction of sp³-hybridized carbons (Fsp3) is 0.700. The van der Waals surface area contributed by atoms with Crippen LogP contribution in [0, 0.1) is 11.8 Å². The van der Waals surface area contributed by atoms with Gasteiger partial charge in [-0.05, 0) is 0 Å². The third-order valence-electron chi connectivity index (χ3n) is 1.68. The Balaban J connectivity index is 3.82. The Bertz CT molecular complexity index is 285. The SMILES string of the molecule is CCC#CCCC(=O)CP(C)(=O)OC. The van der Waals surface area contributed by atoms with E-state index < -0.39 is 7.37 Å². The van der Waals surface area contributed by atoms with E-state index in [0.717, 1.165) is 6.42 Å². The van der Waals surface area contributed by atoms with Crippen molar-refractivity contribution in [2.45, 2.75) is 26.2 Å². The fourth-order valence-corrected chi connectivity index (χ4v) is 1.81. The van der Waals surface area contributed by atoms with Gasteiger partial charge in [0.15, 0.2) is 0 Å². The van der Waals surface area contributed by atoms with Crippen LogP contribution in [0.4, 0.5) is 0 Å².